The molecule has 1 aliphatic rings. The molecule has 0 aliphatic heterocycles. The van der Waals surface area contributed by atoms with Crippen molar-refractivity contribution in [3.05, 3.63) is 22.5 Å². The van der Waals surface area contributed by atoms with E-state index in [2.05, 4.69) is 29.3 Å². The van der Waals surface area contributed by atoms with Gasteiger partial charge < -0.3 is 15.7 Å². The number of amides is 1. The molecule has 0 aromatic heterocycles. The van der Waals surface area contributed by atoms with Crippen molar-refractivity contribution < 1.29 is 9.90 Å². The molecule has 0 saturated heterocycles. The summed E-state index contributed by atoms with van der Waals surface area (Å²) in [5, 5.41) is 14.8. The van der Waals surface area contributed by atoms with Crippen LogP contribution in [0.1, 0.15) is 40.5 Å². The molecule has 0 spiro atoms. The molecule has 112 valence electrons. The SMILES string of the molecule is C=N/C(NC1(C)CC1)=C(\C)C(C(=O)NCCO)=C(C)C. The Hall–Kier alpha value is -1.62. The van der Waals surface area contributed by atoms with E-state index in [9.17, 15) is 4.79 Å². The number of carbonyl (C=O) groups is 1. The summed E-state index contributed by atoms with van der Waals surface area (Å²) in [6.07, 6.45) is 2.19. The molecule has 1 amide bonds. The fourth-order valence-corrected chi connectivity index (χ4v) is 2.00. The number of carbonyl (C=O) groups excluding carboxylic acids is 1. The molecule has 3 N–H and O–H groups in total. The summed E-state index contributed by atoms with van der Waals surface area (Å²) in [5.41, 5.74) is 2.36. The van der Waals surface area contributed by atoms with E-state index < -0.39 is 0 Å². The molecule has 0 bridgehead atoms. The van der Waals surface area contributed by atoms with Crippen molar-refractivity contribution in [1.82, 2.24) is 10.6 Å². The average molecular weight is 279 g/mol. The van der Waals surface area contributed by atoms with Crippen molar-refractivity contribution in [1.29, 1.82) is 0 Å². The van der Waals surface area contributed by atoms with E-state index in [0.29, 0.717) is 11.4 Å². The molecule has 5 heteroatoms. The van der Waals surface area contributed by atoms with Crippen LogP contribution in [0.5, 0.6) is 0 Å². The third-order valence-electron chi connectivity index (χ3n) is 3.43. The lowest BCUT2D eigenvalue weighted by atomic mass is 10.0. The van der Waals surface area contributed by atoms with Crippen molar-refractivity contribution in [2.24, 2.45) is 4.99 Å². The largest absolute Gasteiger partial charge is 0.395 e. The number of nitrogens with one attached hydrogen (secondary N) is 2. The van der Waals surface area contributed by atoms with Crippen LogP contribution in [-0.4, -0.2) is 36.4 Å². The van der Waals surface area contributed by atoms with Crippen LogP contribution in [-0.2, 0) is 4.79 Å². The van der Waals surface area contributed by atoms with Crippen molar-refractivity contribution in [2.75, 3.05) is 13.2 Å². The molecule has 1 fully saturated rings. The summed E-state index contributed by atoms with van der Waals surface area (Å²) < 4.78 is 0. The fraction of sp³-hybridized carbons (Fsp3) is 0.600. The first-order valence-electron chi connectivity index (χ1n) is 6.87. The summed E-state index contributed by atoms with van der Waals surface area (Å²) in [5.74, 6) is 0.459. The van der Waals surface area contributed by atoms with E-state index in [4.69, 9.17) is 5.11 Å². The van der Waals surface area contributed by atoms with E-state index in [1.807, 2.05) is 20.8 Å². The zero-order valence-electron chi connectivity index (χ0n) is 12.8. The second kappa shape index (κ2) is 6.70. The van der Waals surface area contributed by atoms with Gasteiger partial charge in [-0.2, -0.15) is 0 Å². The van der Waals surface area contributed by atoms with Crippen LogP contribution < -0.4 is 10.6 Å². The Morgan fingerprint density at radius 2 is 1.95 bits per heavy atom. The van der Waals surface area contributed by atoms with Crippen LogP contribution in [0.4, 0.5) is 0 Å². The summed E-state index contributed by atoms with van der Waals surface area (Å²) in [6, 6.07) is 0. The summed E-state index contributed by atoms with van der Waals surface area (Å²) >= 11 is 0. The van der Waals surface area contributed by atoms with Crippen LogP contribution in [0, 0.1) is 0 Å². The van der Waals surface area contributed by atoms with Gasteiger partial charge in [0.1, 0.15) is 5.82 Å². The Labute approximate surface area is 120 Å². The Morgan fingerprint density at radius 3 is 2.35 bits per heavy atom. The third-order valence-corrected chi connectivity index (χ3v) is 3.43. The molecule has 1 rings (SSSR count). The van der Waals surface area contributed by atoms with Crippen molar-refractivity contribution >= 4 is 12.6 Å². The van der Waals surface area contributed by atoms with Gasteiger partial charge in [0, 0.05) is 23.2 Å². The molecular weight excluding hydrogens is 254 g/mol. The molecule has 1 aliphatic carbocycles. The van der Waals surface area contributed by atoms with Gasteiger partial charge in [-0.1, -0.05) is 5.57 Å². The van der Waals surface area contributed by atoms with Gasteiger partial charge in [-0.3, -0.25) is 4.79 Å². The molecule has 0 unspecified atom stereocenters. The molecule has 5 nitrogen and oxygen atoms in total. The third kappa shape index (κ3) is 4.20. The van der Waals surface area contributed by atoms with E-state index in [0.717, 1.165) is 24.0 Å². The maximum Gasteiger partial charge on any atom is 0.251 e. The van der Waals surface area contributed by atoms with Gasteiger partial charge >= 0.3 is 0 Å². The Bertz CT molecular complexity index is 456. The van der Waals surface area contributed by atoms with Gasteiger partial charge in [-0.25, -0.2) is 4.99 Å². The quantitative estimate of drug-likeness (QED) is 0.376. The standard InChI is InChI=1S/C15H25N3O2/c1-10(2)12(14(20)17-8-9-19)11(3)13(16-5)18-15(4)6-7-15/h18-19H,5-9H2,1-4H3,(H,17,20)/b13-11-. The lowest BCUT2D eigenvalue weighted by Gasteiger charge is -2.18. The first-order valence-corrected chi connectivity index (χ1v) is 6.87. The highest BCUT2D eigenvalue weighted by atomic mass is 16.3. The predicted octanol–water partition coefficient (Wildman–Crippen LogP) is 1.51. The smallest absolute Gasteiger partial charge is 0.251 e. The second-order valence-electron chi connectivity index (χ2n) is 5.67. The monoisotopic (exact) mass is 279 g/mol. The second-order valence-corrected chi connectivity index (χ2v) is 5.67. The van der Waals surface area contributed by atoms with Gasteiger partial charge in [0.25, 0.3) is 5.91 Å². The Kier molecular flexibility index (Phi) is 5.51. The van der Waals surface area contributed by atoms with Crippen LogP contribution in [0.25, 0.3) is 0 Å². The zero-order chi connectivity index (χ0) is 15.3. The number of aliphatic hydroxyl groups is 1. The molecule has 0 aromatic carbocycles. The normalized spacial score (nSPS) is 16.9. The number of hydrogen-bond acceptors (Lipinski definition) is 4. The Morgan fingerprint density at radius 1 is 1.35 bits per heavy atom. The number of allylic oxidation sites excluding steroid dienone is 1. The van der Waals surface area contributed by atoms with Gasteiger partial charge in [0.2, 0.25) is 0 Å². The highest BCUT2D eigenvalue weighted by molar-refractivity contribution is 5.98. The van der Waals surface area contributed by atoms with Gasteiger partial charge in [0.15, 0.2) is 0 Å². The maximum atomic E-state index is 12.2. The average Bonchev–Trinajstić information content (AvgIpc) is 3.11. The van der Waals surface area contributed by atoms with Crippen molar-refractivity contribution in [3.63, 3.8) is 0 Å². The predicted molar refractivity (Wildman–Crippen MR) is 81.5 cm³/mol. The fourth-order valence-electron chi connectivity index (χ4n) is 2.00. The molecule has 1 saturated carbocycles. The lowest BCUT2D eigenvalue weighted by Crippen LogP contribution is -2.31. The molecule has 0 atom stereocenters. The summed E-state index contributed by atoms with van der Waals surface area (Å²) in [7, 11) is 0. The first-order chi connectivity index (χ1) is 9.34. The number of aliphatic imine (C=N–C) groups is 1. The van der Waals surface area contributed by atoms with Gasteiger partial charge in [0.05, 0.1) is 6.61 Å². The lowest BCUT2D eigenvalue weighted by molar-refractivity contribution is -0.117. The van der Waals surface area contributed by atoms with Crippen LogP contribution in [0.15, 0.2) is 27.5 Å². The highest BCUT2D eigenvalue weighted by Gasteiger charge is 2.38. The van der Waals surface area contributed by atoms with E-state index in [-0.39, 0.29) is 24.6 Å². The maximum absolute atomic E-state index is 12.2. The molecule has 0 radical (unpaired) electrons. The first kappa shape index (κ1) is 16.4. The van der Waals surface area contributed by atoms with E-state index >= 15 is 0 Å². The van der Waals surface area contributed by atoms with Gasteiger partial charge in [-0.15, -0.1) is 0 Å². The van der Waals surface area contributed by atoms with E-state index in [1.54, 1.807) is 0 Å². The zero-order valence-corrected chi connectivity index (χ0v) is 12.8. The molecular formula is C15H25N3O2. The van der Waals surface area contributed by atoms with Crippen LogP contribution >= 0.6 is 0 Å². The minimum atomic E-state index is -0.194. The number of nitrogens with zero attached hydrogens (tertiary/aromatic N) is 1. The summed E-state index contributed by atoms with van der Waals surface area (Å²) in [4.78, 5) is 16.2. The van der Waals surface area contributed by atoms with Gasteiger partial charge in [-0.05, 0) is 47.3 Å². The topological polar surface area (TPSA) is 73.7 Å². The molecule has 0 heterocycles. The number of aliphatic hydroxyl groups excluding tert-OH is 1. The van der Waals surface area contributed by atoms with E-state index in [1.165, 1.54) is 0 Å². The number of hydrogen-bond donors (Lipinski definition) is 3. The highest BCUT2D eigenvalue weighted by Crippen LogP contribution is 2.36. The minimum absolute atomic E-state index is 0.0755. The number of rotatable bonds is 7. The minimum Gasteiger partial charge on any atom is -0.395 e. The molecule has 0 aromatic rings. The van der Waals surface area contributed by atoms with Crippen LogP contribution in [0.3, 0.4) is 0 Å². The summed E-state index contributed by atoms with van der Waals surface area (Å²) in [6.45, 7) is 11.5. The van der Waals surface area contributed by atoms with Crippen molar-refractivity contribution in [2.45, 2.75) is 46.1 Å². The molecule has 20 heavy (non-hydrogen) atoms. The Balaban J connectivity index is 3.02. The van der Waals surface area contributed by atoms with Crippen LogP contribution in [0.2, 0.25) is 0 Å². The van der Waals surface area contributed by atoms with Crippen molar-refractivity contribution in [3.8, 4) is 0 Å².